The van der Waals surface area contributed by atoms with E-state index in [2.05, 4.69) is 56.8 Å². The predicted octanol–water partition coefficient (Wildman–Crippen LogP) is 3.72. The van der Waals surface area contributed by atoms with E-state index in [-0.39, 0.29) is 0 Å². The summed E-state index contributed by atoms with van der Waals surface area (Å²) in [5.74, 6) is 1.02. The Morgan fingerprint density at radius 3 is 2.46 bits per heavy atom. The van der Waals surface area contributed by atoms with Gasteiger partial charge in [-0.15, -0.1) is 0 Å². The molecule has 4 rings (SSSR count). The molecule has 5 heteroatoms. The topological polar surface area (TPSA) is 54.2 Å². The van der Waals surface area contributed by atoms with E-state index in [0.717, 1.165) is 18.7 Å². The van der Waals surface area contributed by atoms with Crippen LogP contribution >= 0.6 is 0 Å². The Hall–Kier alpha value is -3.08. The molecule has 0 unspecified atom stereocenters. The molecule has 0 amide bonds. The van der Waals surface area contributed by atoms with Crippen LogP contribution < -0.4 is 10.2 Å². The molecule has 1 N–H and O–H groups in total. The Labute approximate surface area is 140 Å². The van der Waals surface area contributed by atoms with Crippen molar-refractivity contribution in [2.24, 2.45) is 0 Å². The highest BCUT2D eigenvalue weighted by Gasteiger charge is 2.09. The molecule has 0 radical (unpaired) electrons. The lowest BCUT2D eigenvalue weighted by Gasteiger charge is -2.17. The molecule has 0 aliphatic carbocycles. The van der Waals surface area contributed by atoms with Crippen LogP contribution in [0.4, 0.5) is 11.6 Å². The minimum absolute atomic E-state index is 0.502. The smallest absolute Gasteiger partial charge is 0.264 e. The molecule has 24 heavy (non-hydrogen) atoms. The molecule has 1 aliphatic heterocycles. The van der Waals surface area contributed by atoms with Gasteiger partial charge in [0.1, 0.15) is 0 Å². The van der Waals surface area contributed by atoms with Crippen molar-refractivity contribution in [1.82, 2.24) is 10.1 Å². The normalized spacial score (nSPS) is 13.4. The van der Waals surface area contributed by atoms with Gasteiger partial charge >= 0.3 is 0 Å². The van der Waals surface area contributed by atoms with Gasteiger partial charge in [-0.3, -0.25) is 0 Å². The van der Waals surface area contributed by atoms with Crippen molar-refractivity contribution < 1.29 is 4.52 Å². The lowest BCUT2D eigenvalue weighted by atomic mass is 10.2. The molecule has 2 aromatic carbocycles. The number of rotatable bonds is 5. The van der Waals surface area contributed by atoms with Crippen molar-refractivity contribution in [3.05, 3.63) is 72.3 Å². The number of hydrogen-bond acceptors (Lipinski definition) is 5. The standard InChI is InChI=1S/C19H18N4O/c1-2-6-16(7-3-1)18-21-19(22-24-18)20-14-15-8-10-17(11-9-15)23-12-4-5-13-23/h1-11H,12-14H2,(H,20,22). The summed E-state index contributed by atoms with van der Waals surface area (Å²) in [4.78, 5) is 6.69. The van der Waals surface area contributed by atoms with E-state index >= 15 is 0 Å². The fourth-order valence-electron chi connectivity index (χ4n) is 2.69. The number of nitrogens with zero attached hydrogens (tertiary/aromatic N) is 3. The van der Waals surface area contributed by atoms with Gasteiger partial charge in [0.2, 0.25) is 0 Å². The molecule has 0 saturated heterocycles. The molecule has 0 fully saturated rings. The van der Waals surface area contributed by atoms with E-state index in [4.69, 9.17) is 4.52 Å². The second-order valence-electron chi connectivity index (χ2n) is 5.69. The molecule has 1 aromatic heterocycles. The molecule has 2 heterocycles. The summed E-state index contributed by atoms with van der Waals surface area (Å²) in [6, 6.07) is 18.3. The Bertz CT molecular complexity index is 816. The van der Waals surface area contributed by atoms with E-state index in [1.54, 1.807) is 0 Å². The Morgan fingerprint density at radius 1 is 0.958 bits per heavy atom. The van der Waals surface area contributed by atoms with Gasteiger partial charge in [0, 0.05) is 30.9 Å². The van der Waals surface area contributed by atoms with Gasteiger partial charge in [-0.25, -0.2) is 0 Å². The highest BCUT2D eigenvalue weighted by Crippen LogP contribution is 2.20. The number of nitrogens with one attached hydrogen (secondary N) is 1. The number of aromatic nitrogens is 2. The summed E-state index contributed by atoms with van der Waals surface area (Å²) >= 11 is 0. The van der Waals surface area contributed by atoms with Crippen molar-refractivity contribution >= 4 is 11.6 Å². The molecule has 0 saturated carbocycles. The number of anilines is 2. The maximum atomic E-state index is 5.29. The van der Waals surface area contributed by atoms with Gasteiger partial charge in [-0.05, 0) is 35.0 Å². The summed E-state index contributed by atoms with van der Waals surface area (Å²) < 4.78 is 5.29. The maximum Gasteiger partial charge on any atom is 0.264 e. The molecule has 0 bridgehead atoms. The van der Waals surface area contributed by atoms with Crippen LogP contribution in [0.1, 0.15) is 5.56 Å². The largest absolute Gasteiger partial charge is 0.364 e. The highest BCUT2D eigenvalue weighted by molar-refractivity contribution is 5.54. The summed E-state index contributed by atoms with van der Waals surface area (Å²) in [6.07, 6.45) is 4.38. The van der Waals surface area contributed by atoms with Gasteiger partial charge in [0.05, 0.1) is 0 Å². The van der Waals surface area contributed by atoms with Gasteiger partial charge in [-0.1, -0.05) is 42.5 Å². The van der Waals surface area contributed by atoms with Gasteiger partial charge in [-0.2, -0.15) is 4.98 Å². The average molecular weight is 318 g/mol. The number of benzene rings is 2. The minimum atomic E-state index is 0.502. The van der Waals surface area contributed by atoms with Crippen molar-refractivity contribution in [3.63, 3.8) is 0 Å². The third-order valence-electron chi connectivity index (χ3n) is 4.02. The molecule has 0 atom stereocenters. The molecule has 1 aliphatic rings. The fraction of sp³-hybridized carbons (Fsp3) is 0.158. The second kappa shape index (κ2) is 6.58. The van der Waals surface area contributed by atoms with Crippen LogP contribution in [0.5, 0.6) is 0 Å². The van der Waals surface area contributed by atoms with Crippen LogP contribution in [0.15, 0.2) is 71.3 Å². The molecule has 5 nitrogen and oxygen atoms in total. The zero-order valence-corrected chi connectivity index (χ0v) is 13.2. The Morgan fingerprint density at radius 2 is 1.71 bits per heavy atom. The monoisotopic (exact) mass is 318 g/mol. The van der Waals surface area contributed by atoms with Crippen molar-refractivity contribution in [3.8, 4) is 11.5 Å². The van der Waals surface area contributed by atoms with E-state index < -0.39 is 0 Å². The summed E-state index contributed by atoms with van der Waals surface area (Å²) in [5.41, 5.74) is 3.34. The maximum absolute atomic E-state index is 5.29. The summed E-state index contributed by atoms with van der Waals surface area (Å²) in [7, 11) is 0. The fourth-order valence-corrected chi connectivity index (χ4v) is 2.69. The van der Waals surface area contributed by atoms with E-state index in [0.29, 0.717) is 18.4 Å². The van der Waals surface area contributed by atoms with Crippen LogP contribution in [0.3, 0.4) is 0 Å². The summed E-state index contributed by atoms with van der Waals surface area (Å²) in [6.45, 7) is 2.64. The summed E-state index contributed by atoms with van der Waals surface area (Å²) in [5, 5.41) is 7.17. The van der Waals surface area contributed by atoms with Crippen molar-refractivity contribution in [2.45, 2.75) is 6.54 Å². The first-order chi connectivity index (χ1) is 11.9. The average Bonchev–Trinajstić information content (AvgIpc) is 3.33. The number of hydrogen-bond donors (Lipinski definition) is 1. The van der Waals surface area contributed by atoms with Crippen LogP contribution in [-0.4, -0.2) is 23.2 Å². The van der Waals surface area contributed by atoms with Gasteiger partial charge < -0.3 is 14.7 Å². The van der Waals surface area contributed by atoms with Crippen molar-refractivity contribution in [2.75, 3.05) is 23.3 Å². The van der Waals surface area contributed by atoms with E-state index in [9.17, 15) is 0 Å². The molecular formula is C19H18N4O. The second-order valence-corrected chi connectivity index (χ2v) is 5.69. The molecule has 0 spiro atoms. The lowest BCUT2D eigenvalue weighted by Crippen LogP contribution is -2.18. The van der Waals surface area contributed by atoms with E-state index in [1.807, 2.05) is 30.3 Å². The SMILES string of the molecule is C1=CCN(c2ccc(CNc3noc(-c4ccccc4)n3)cc2)C1. The first-order valence-electron chi connectivity index (χ1n) is 8.00. The van der Waals surface area contributed by atoms with Crippen LogP contribution in [0.2, 0.25) is 0 Å². The first-order valence-corrected chi connectivity index (χ1v) is 8.00. The third-order valence-corrected chi connectivity index (χ3v) is 4.02. The predicted molar refractivity (Wildman–Crippen MR) is 94.9 cm³/mol. The quantitative estimate of drug-likeness (QED) is 0.727. The Balaban J connectivity index is 1.37. The van der Waals surface area contributed by atoms with Crippen LogP contribution in [0.25, 0.3) is 11.5 Å². The zero-order valence-electron chi connectivity index (χ0n) is 13.2. The molecular weight excluding hydrogens is 300 g/mol. The minimum Gasteiger partial charge on any atom is -0.364 e. The van der Waals surface area contributed by atoms with Gasteiger partial charge in [0.25, 0.3) is 11.8 Å². The third kappa shape index (κ3) is 3.15. The van der Waals surface area contributed by atoms with E-state index in [1.165, 1.54) is 11.3 Å². The lowest BCUT2D eigenvalue weighted by molar-refractivity contribution is 0.432. The Kier molecular flexibility index (Phi) is 3.98. The first kappa shape index (κ1) is 14.5. The van der Waals surface area contributed by atoms with Crippen molar-refractivity contribution in [1.29, 1.82) is 0 Å². The zero-order chi connectivity index (χ0) is 16.2. The molecule has 120 valence electrons. The van der Waals surface area contributed by atoms with Gasteiger partial charge in [0.15, 0.2) is 0 Å². The molecule has 3 aromatic rings. The highest BCUT2D eigenvalue weighted by atomic mass is 16.5. The van der Waals surface area contributed by atoms with Crippen LogP contribution in [0, 0.1) is 0 Å². The van der Waals surface area contributed by atoms with Crippen LogP contribution in [-0.2, 0) is 6.54 Å².